The molecule has 0 bridgehead atoms. The lowest BCUT2D eigenvalue weighted by molar-refractivity contribution is -0.0498. The molecule has 1 aromatic rings. The highest BCUT2D eigenvalue weighted by atomic mass is 19.3. The number of benzene rings is 1. The van der Waals surface area contributed by atoms with Crippen molar-refractivity contribution in [1.82, 2.24) is 5.32 Å². The van der Waals surface area contributed by atoms with Crippen LogP contribution < -0.4 is 10.1 Å². The second-order valence-electron chi connectivity index (χ2n) is 5.40. The minimum atomic E-state index is -2.78. The Bertz CT molecular complexity index is 405. The maximum Gasteiger partial charge on any atom is 0.387 e. The first-order chi connectivity index (χ1) is 10.1. The molecule has 1 aliphatic rings. The molecule has 21 heavy (non-hydrogen) atoms. The van der Waals surface area contributed by atoms with Crippen LogP contribution in [0.25, 0.3) is 0 Å². The molecule has 1 unspecified atom stereocenters. The van der Waals surface area contributed by atoms with Crippen LogP contribution in [0.1, 0.15) is 44.2 Å². The second-order valence-corrected chi connectivity index (χ2v) is 5.40. The van der Waals surface area contributed by atoms with Crippen molar-refractivity contribution < 1.29 is 18.3 Å². The zero-order valence-electron chi connectivity index (χ0n) is 12.4. The molecule has 3 nitrogen and oxygen atoms in total. The van der Waals surface area contributed by atoms with Gasteiger partial charge in [-0.05, 0) is 37.5 Å². The maximum atomic E-state index is 12.1. The van der Waals surface area contributed by atoms with Crippen LogP contribution in [0.15, 0.2) is 24.3 Å². The molecule has 0 aromatic heterocycles. The average Bonchev–Trinajstić information content (AvgIpc) is 2.97. The molecule has 1 atom stereocenters. The monoisotopic (exact) mass is 299 g/mol. The molecule has 0 spiro atoms. The van der Waals surface area contributed by atoms with E-state index in [1.807, 2.05) is 6.92 Å². The van der Waals surface area contributed by atoms with Crippen LogP contribution in [0.4, 0.5) is 8.78 Å². The first kappa shape index (κ1) is 16.2. The molecular weight excluding hydrogens is 276 g/mol. The molecule has 5 heteroatoms. The summed E-state index contributed by atoms with van der Waals surface area (Å²) < 4.78 is 34.2. The zero-order valence-corrected chi connectivity index (χ0v) is 12.4. The predicted molar refractivity (Wildman–Crippen MR) is 77.7 cm³/mol. The van der Waals surface area contributed by atoms with Crippen LogP contribution in [0.3, 0.4) is 0 Å². The summed E-state index contributed by atoms with van der Waals surface area (Å²) in [6.07, 6.45) is 5.36. The molecule has 2 rings (SSSR count). The normalized spacial score (nSPS) is 17.3. The number of hydrogen-bond acceptors (Lipinski definition) is 3. The van der Waals surface area contributed by atoms with Gasteiger partial charge in [0.15, 0.2) is 0 Å². The topological polar surface area (TPSA) is 30.5 Å². The van der Waals surface area contributed by atoms with Gasteiger partial charge in [0.1, 0.15) is 5.75 Å². The number of alkyl halides is 2. The van der Waals surface area contributed by atoms with Crippen LogP contribution in [0.2, 0.25) is 0 Å². The number of ether oxygens (including phenoxy) is 2. The van der Waals surface area contributed by atoms with Crippen LogP contribution in [-0.2, 0) is 4.74 Å². The Balaban J connectivity index is 1.68. The second kappa shape index (κ2) is 8.29. The summed E-state index contributed by atoms with van der Waals surface area (Å²) in [7, 11) is 0. The van der Waals surface area contributed by atoms with E-state index in [0.29, 0.717) is 12.7 Å². The lowest BCUT2D eigenvalue weighted by atomic mass is 10.1. The van der Waals surface area contributed by atoms with Crippen molar-refractivity contribution in [3.05, 3.63) is 29.8 Å². The van der Waals surface area contributed by atoms with Crippen molar-refractivity contribution in [2.24, 2.45) is 0 Å². The third-order valence-corrected chi connectivity index (χ3v) is 3.81. The van der Waals surface area contributed by atoms with E-state index in [4.69, 9.17) is 4.74 Å². The highest BCUT2D eigenvalue weighted by molar-refractivity contribution is 5.28. The Morgan fingerprint density at radius 1 is 1.19 bits per heavy atom. The Kier molecular flexibility index (Phi) is 6.39. The Labute approximate surface area is 124 Å². The first-order valence-corrected chi connectivity index (χ1v) is 7.55. The fraction of sp³-hybridized carbons (Fsp3) is 0.625. The lowest BCUT2D eigenvalue weighted by Gasteiger charge is -2.16. The molecule has 0 aliphatic heterocycles. The van der Waals surface area contributed by atoms with Crippen LogP contribution in [0.5, 0.6) is 5.75 Å². The molecule has 1 aromatic carbocycles. The zero-order chi connectivity index (χ0) is 15.1. The Morgan fingerprint density at radius 2 is 1.86 bits per heavy atom. The fourth-order valence-corrected chi connectivity index (χ4v) is 2.61. The van der Waals surface area contributed by atoms with E-state index in [-0.39, 0.29) is 11.8 Å². The first-order valence-electron chi connectivity index (χ1n) is 7.55. The van der Waals surface area contributed by atoms with Gasteiger partial charge in [0, 0.05) is 12.6 Å². The van der Waals surface area contributed by atoms with Crippen LogP contribution in [-0.4, -0.2) is 25.9 Å². The molecule has 0 amide bonds. The van der Waals surface area contributed by atoms with Crippen molar-refractivity contribution in [1.29, 1.82) is 0 Å². The van der Waals surface area contributed by atoms with Gasteiger partial charge in [0.05, 0.1) is 12.7 Å². The summed E-state index contributed by atoms with van der Waals surface area (Å²) >= 11 is 0. The summed E-state index contributed by atoms with van der Waals surface area (Å²) in [6.45, 7) is 0.756. The number of hydrogen-bond donors (Lipinski definition) is 1. The van der Waals surface area contributed by atoms with Gasteiger partial charge in [-0.2, -0.15) is 8.78 Å². The maximum absolute atomic E-state index is 12.1. The Morgan fingerprint density at radius 3 is 2.48 bits per heavy atom. The Hall–Kier alpha value is -1.20. The highest BCUT2D eigenvalue weighted by Crippen LogP contribution is 2.21. The third kappa shape index (κ3) is 5.59. The molecule has 0 saturated heterocycles. The summed E-state index contributed by atoms with van der Waals surface area (Å²) in [4.78, 5) is 0. The van der Waals surface area contributed by atoms with Crippen LogP contribution >= 0.6 is 0 Å². The highest BCUT2D eigenvalue weighted by Gasteiger charge is 2.15. The van der Waals surface area contributed by atoms with Gasteiger partial charge >= 0.3 is 6.61 Å². The molecule has 118 valence electrons. The van der Waals surface area contributed by atoms with E-state index in [1.54, 1.807) is 24.3 Å². The van der Waals surface area contributed by atoms with E-state index in [1.165, 1.54) is 25.7 Å². The van der Waals surface area contributed by atoms with Gasteiger partial charge in [-0.1, -0.05) is 25.0 Å². The van der Waals surface area contributed by atoms with E-state index in [2.05, 4.69) is 10.1 Å². The minimum Gasteiger partial charge on any atom is -0.435 e. The quantitative estimate of drug-likeness (QED) is 0.739. The SMILES string of the molecule is CC(NCCOC1CCCC1)c1ccc(OC(F)F)cc1. The fourth-order valence-electron chi connectivity index (χ4n) is 2.61. The standard InChI is InChI=1S/C16H23F2NO2/c1-12(19-10-11-20-14-4-2-3-5-14)13-6-8-15(9-7-13)21-16(17)18/h6-9,12,14,16,19H,2-5,10-11H2,1H3. The third-order valence-electron chi connectivity index (χ3n) is 3.81. The smallest absolute Gasteiger partial charge is 0.387 e. The van der Waals surface area contributed by atoms with Gasteiger partial charge in [-0.15, -0.1) is 0 Å². The minimum absolute atomic E-state index is 0.151. The summed E-state index contributed by atoms with van der Waals surface area (Å²) in [5.41, 5.74) is 1.04. The summed E-state index contributed by atoms with van der Waals surface area (Å²) in [6, 6.07) is 6.88. The van der Waals surface area contributed by atoms with Gasteiger partial charge < -0.3 is 14.8 Å². The molecular formula is C16H23F2NO2. The predicted octanol–water partition coefficient (Wildman–Crippen LogP) is 3.90. The number of rotatable bonds is 8. The van der Waals surface area contributed by atoms with Gasteiger partial charge in [0.2, 0.25) is 0 Å². The van der Waals surface area contributed by atoms with E-state index < -0.39 is 6.61 Å². The lowest BCUT2D eigenvalue weighted by Crippen LogP contribution is -2.25. The van der Waals surface area contributed by atoms with Crippen molar-refractivity contribution in [2.75, 3.05) is 13.2 Å². The number of halogens is 2. The van der Waals surface area contributed by atoms with Gasteiger partial charge in [-0.3, -0.25) is 0 Å². The average molecular weight is 299 g/mol. The molecule has 1 N–H and O–H groups in total. The largest absolute Gasteiger partial charge is 0.435 e. The summed E-state index contributed by atoms with van der Waals surface area (Å²) in [5.74, 6) is 0.186. The van der Waals surface area contributed by atoms with Gasteiger partial charge in [-0.25, -0.2) is 0 Å². The van der Waals surface area contributed by atoms with Crippen molar-refractivity contribution >= 4 is 0 Å². The molecule has 1 aliphatic carbocycles. The number of nitrogens with one attached hydrogen (secondary N) is 1. The molecule has 1 fully saturated rings. The van der Waals surface area contributed by atoms with E-state index in [9.17, 15) is 8.78 Å². The van der Waals surface area contributed by atoms with Crippen LogP contribution in [0, 0.1) is 0 Å². The van der Waals surface area contributed by atoms with Crippen molar-refractivity contribution in [3.8, 4) is 5.75 Å². The van der Waals surface area contributed by atoms with Crippen molar-refractivity contribution in [3.63, 3.8) is 0 Å². The van der Waals surface area contributed by atoms with Crippen molar-refractivity contribution in [2.45, 2.75) is 51.4 Å². The van der Waals surface area contributed by atoms with E-state index >= 15 is 0 Å². The van der Waals surface area contributed by atoms with Gasteiger partial charge in [0.25, 0.3) is 0 Å². The molecule has 0 heterocycles. The molecule has 1 saturated carbocycles. The molecule has 0 radical (unpaired) electrons. The summed E-state index contributed by atoms with van der Waals surface area (Å²) in [5, 5.41) is 3.37. The van der Waals surface area contributed by atoms with E-state index in [0.717, 1.165) is 12.1 Å².